The van der Waals surface area contributed by atoms with Gasteiger partial charge in [-0.15, -0.1) is 11.8 Å². The molecule has 0 saturated carbocycles. The Bertz CT molecular complexity index is 1850. The topological polar surface area (TPSA) is 256 Å². The first-order valence-corrected chi connectivity index (χ1v) is 18.8. The molecule has 0 amide bonds. The molecule has 0 spiro atoms. The van der Waals surface area contributed by atoms with Gasteiger partial charge in [-0.05, 0) is 17.9 Å². The van der Waals surface area contributed by atoms with E-state index in [1.54, 1.807) is 17.2 Å². The molecule has 8 heterocycles. The van der Waals surface area contributed by atoms with Gasteiger partial charge in [-0.1, -0.05) is 0 Å². The monoisotopic (exact) mass is 721 g/mol. The predicted molar refractivity (Wildman–Crippen MR) is 162 cm³/mol. The summed E-state index contributed by atoms with van der Waals surface area (Å²) in [5.41, 5.74) is 10.0. The Hall–Kier alpha value is -2.33. The number of phosphoric ester groups is 1. The molecule has 0 aliphatic carbocycles. The highest BCUT2D eigenvalue weighted by Crippen LogP contribution is 2.59. The summed E-state index contributed by atoms with van der Waals surface area (Å²) in [4.78, 5) is 55.5. The van der Waals surface area contributed by atoms with Gasteiger partial charge in [0.2, 0.25) is 5.95 Å². The first kappa shape index (κ1) is 31.0. The molecular weight excluding hydrogens is 695 g/mol. The third-order valence-corrected chi connectivity index (χ3v) is 12.5. The zero-order valence-corrected chi connectivity index (χ0v) is 26.6. The Morgan fingerprint density at radius 1 is 1.20 bits per heavy atom. The van der Waals surface area contributed by atoms with E-state index >= 15 is 4.39 Å². The molecule has 2 aromatic rings. The summed E-state index contributed by atoms with van der Waals surface area (Å²) in [7, 11) is -4.90. The van der Waals surface area contributed by atoms with E-state index in [2.05, 4.69) is 24.9 Å². The van der Waals surface area contributed by atoms with Crippen molar-refractivity contribution in [2.45, 2.75) is 59.1 Å². The number of rotatable bonds is 2. The molecule has 24 heteroatoms. The summed E-state index contributed by atoms with van der Waals surface area (Å²) in [6.45, 7) is -5.60. The maximum Gasteiger partial charge on any atom is 0.472 e. The molecule has 6 aliphatic rings. The van der Waals surface area contributed by atoms with E-state index in [0.717, 1.165) is 11.8 Å². The second kappa shape index (κ2) is 10.8. The van der Waals surface area contributed by atoms with Gasteiger partial charge >= 0.3 is 14.5 Å². The van der Waals surface area contributed by atoms with Gasteiger partial charge in [0.05, 0.1) is 37.7 Å². The average Bonchev–Trinajstić information content (AvgIpc) is 3.80. The van der Waals surface area contributed by atoms with Gasteiger partial charge < -0.3 is 40.2 Å². The fourth-order valence-corrected chi connectivity index (χ4v) is 10.4. The van der Waals surface area contributed by atoms with Gasteiger partial charge in [0.1, 0.15) is 41.5 Å². The van der Waals surface area contributed by atoms with Crippen LogP contribution in [-0.2, 0) is 43.9 Å². The number of phosphoric acid groups is 1. The van der Waals surface area contributed by atoms with Crippen molar-refractivity contribution < 1.29 is 46.3 Å². The second-order valence-electron chi connectivity index (χ2n) is 11.3. The van der Waals surface area contributed by atoms with Crippen molar-refractivity contribution in [2.24, 2.45) is 15.7 Å². The maximum absolute atomic E-state index is 16.0. The minimum atomic E-state index is -4.90. The summed E-state index contributed by atoms with van der Waals surface area (Å²) in [5.74, 6) is -0.209. The molecule has 19 nitrogen and oxygen atoms in total. The molecule has 4 saturated heterocycles. The van der Waals surface area contributed by atoms with Crippen LogP contribution in [0.2, 0.25) is 0 Å². The smallest absolute Gasteiger partial charge is 0.400 e. The number of halogens is 1. The highest BCUT2D eigenvalue weighted by Gasteiger charge is 2.67. The van der Waals surface area contributed by atoms with Gasteiger partial charge in [0, 0.05) is 11.9 Å². The first-order valence-electron chi connectivity index (χ1n) is 13.8. The number of hydrogen-bond donors (Lipinski definition) is 5. The molecular formula is C22H26FN9O10P2S2. The summed E-state index contributed by atoms with van der Waals surface area (Å²) in [6, 6.07) is -0.478. The molecule has 248 valence electrons. The number of ether oxygens (including phenoxy) is 2. The summed E-state index contributed by atoms with van der Waals surface area (Å²) >= 11 is 6.24. The van der Waals surface area contributed by atoms with E-state index in [4.69, 9.17) is 50.8 Å². The van der Waals surface area contributed by atoms with Crippen molar-refractivity contribution in [2.75, 3.05) is 25.6 Å². The number of aromatic amines is 1. The first-order chi connectivity index (χ1) is 21.8. The molecule has 4 fully saturated rings. The Labute approximate surface area is 267 Å². The molecule has 0 radical (unpaired) electrons. The number of anilines is 1. The van der Waals surface area contributed by atoms with Crippen molar-refractivity contribution in [3.05, 3.63) is 28.5 Å². The lowest BCUT2D eigenvalue weighted by molar-refractivity contribution is -0.194. The molecule has 12 atom stereocenters. The number of aliphatic imine (C=N–C) groups is 2. The third-order valence-electron chi connectivity index (χ3n) is 8.43. The Morgan fingerprint density at radius 2 is 2.02 bits per heavy atom. The van der Waals surface area contributed by atoms with E-state index in [0.29, 0.717) is 5.70 Å². The van der Waals surface area contributed by atoms with E-state index in [9.17, 15) is 19.1 Å². The third kappa shape index (κ3) is 4.98. The standard InChI is InChI=1S/C22H26FN9O10P2S2/c23-10-9-3-38-43(34,35)42-15-14-19(31-6-27-11-8(24)1-2-26-16(11)31)40-22(15,4-37-14)5-39-44(36,45)41-13(10)20(46-9)32-7-28-12-17(32)29-21(25)30-18(12)33/h1-2,6-7,9-11,13-16,19-20H,3-5,24H2,(H,34,35)(H,36,45)(H3,25,29,30,33)/t9-,10+,11?,13-,14-,15+,16?,19-,20-,22-,44?/m1/s1. The number of thioether (sulfide) groups is 1. The Balaban J connectivity index is 1.11. The van der Waals surface area contributed by atoms with Crippen LogP contribution < -0.4 is 17.0 Å². The van der Waals surface area contributed by atoms with E-state index in [-0.39, 0.29) is 23.7 Å². The molecule has 4 unspecified atom stereocenters. The van der Waals surface area contributed by atoms with Crippen molar-refractivity contribution in [1.82, 2.24) is 24.4 Å². The normalized spacial score (nSPS) is 45.2. The maximum atomic E-state index is 16.0. The van der Waals surface area contributed by atoms with Gasteiger partial charge in [0.15, 0.2) is 23.6 Å². The van der Waals surface area contributed by atoms with Crippen LogP contribution in [0.15, 0.2) is 32.9 Å². The number of imidazole rings is 1. The molecule has 0 aromatic carbocycles. The zero-order valence-electron chi connectivity index (χ0n) is 23.2. The highest BCUT2D eigenvalue weighted by atomic mass is 32.5. The number of nitrogens with one attached hydrogen (secondary N) is 1. The van der Waals surface area contributed by atoms with Gasteiger partial charge in [0.25, 0.3) is 5.56 Å². The summed E-state index contributed by atoms with van der Waals surface area (Å²) in [6.07, 6.45) is -1.24. The lowest BCUT2D eigenvalue weighted by atomic mass is 10.0. The van der Waals surface area contributed by atoms with E-state index in [1.807, 2.05) is 0 Å². The molecule has 2 aromatic heterocycles. The van der Waals surface area contributed by atoms with Crippen molar-refractivity contribution in [3.63, 3.8) is 0 Å². The lowest BCUT2D eigenvalue weighted by Crippen LogP contribution is -2.52. The lowest BCUT2D eigenvalue weighted by Gasteiger charge is -2.37. The van der Waals surface area contributed by atoms with E-state index in [1.165, 1.54) is 17.2 Å². The number of nitrogens with zero attached hydrogens (tertiary/aromatic N) is 6. The number of nitrogens with two attached hydrogens (primary N) is 2. The number of hydrogen-bond acceptors (Lipinski definition) is 17. The Kier molecular flexibility index (Phi) is 7.30. The predicted octanol–water partition coefficient (Wildman–Crippen LogP) is -0.752. The fraction of sp³-hybridized carbons (Fsp3) is 0.591. The van der Waals surface area contributed by atoms with Gasteiger partial charge in [-0.2, -0.15) is 4.98 Å². The van der Waals surface area contributed by atoms with Crippen molar-refractivity contribution >= 4 is 67.8 Å². The number of allylic oxidation sites excluding steroid dienone is 1. The van der Waals surface area contributed by atoms with Crippen LogP contribution in [-0.4, -0.2) is 120 Å². The largest absolute Gasteiger partial charge is 0.472 e. The molecule has 7 N–H and O–H groups in total. The van der Waals surface area contributed by atoms with Crippen molar-refractivity contribution in [1.29, 1.82) is 0 Å². The number of aromatic nitrogens is 4. The summed E-state index contributed by atoms with van der Waals surface area (Å²) < 4.78 is 65.6. The SMILES string of the molecule is NC1=CC=NC2C1N=CN2[C@@H]1O[C@@]23CO[C@@H]1[C@@H]2OP(=O)(O)OC[C@H]1S[C@@H](n2cnc4c(=O)[nH]c(N)nc42)[C@H](OP(O)(=S)OC3)[C@H]1F. The molecule has 4 bridgehead atoms. The second-order valence-corrected chi connectivity index (χ2v) is 16.8. The van der Waals surface area contributed by atoms with Crippen LogP contribution >= 0.6 is 26.3 Å². The number of nitrogen functional groups attached to an aromatic ring is 1. The minimum Gasteiger partial charge on any atom is -0.400 e. The van der Waals surface area contributed by atoms with Gasteiger partial charge in [-0.25, -0.2) is 13.9 Å². The van der Waals surface area contributed by atoms with Crippen LogP contribution in [0.1, 0.15) is 5.37 Å². The van der Waals surface area contributed by atoms with Crippen LogP contribution in [0.25, 0.3) is 11.2 Å². The number of dihydropyridines is 1. The van der Waals surface area contributed by atoms with Crippen LogP contribution in [0.5, 0.6) is 0 Å². The highest BCUT2D eigenvalue weighted by molar-refractivity contribution is 8.07. The molecule has 8 rings (SSSR count). The average molecular weight is 722 g/mol. The molecule has 6 aliphatic heterocycles. The van der Waals surface area contributed by atoms with Crippen LogP contribution in [0.3, 0.4) is 0 Å². The molecule has 46 heavy (non-hydrogen) atoms. The number of fused-ring (bicyclic) bond motifs is 4. The Morgan fingerprint density at radius 3 is 2.85 bits per heavy atom. The fourth-order valence-electron chi connectivity index (χ4n) is 6.31. The van der Waals surface area contributed by atoms with Crippen molar-refractivity contribution in [3.8, 4) is 0 Å². The number of alkyl halides is 1. The summed E-state index contributed by atoms with van der Waals surface area (Å²) in [5, 5.41) is -2.18. The number of H-pyrrole nitrogens is 1. The quantitative estimate of drug-likeness (QED) is 0.239. The van der Waals surface area contributed by atoms with Gasteiger partial charge in [-0.3, -0.25) is 37.9 Å². The minimum absolute atomic E-state index is 0.0130. The van der Waals surface area contributed by atoms with Crippen LogP contribution in [0.4, 0.5) is 10.3 Å². The van der Waals surface area contributed by atoms with E-state index < -0.39 is 92.5 Å². The van der Waals surface area contributed by atoms with Crippen LogP contribution in [0, 0.1) is 0 Å². The zero-order chi connectivity index (χ0) is 32.2.